The summed E-state index contributed by atoms with van der Waals surface area (Å²) in [6, 6.07) is 6.09. The largest absolute Gasteiger partial charge is 0.347 e. The van der Waals surface area contributed by atoms with Crippen molar-refractivity contribution < 1.29 is 14.3 Å². The van der Waals surface area contributed by atoms with Crippen molar-refractivity contribution in [1.29, 1.82) is 0 Å². The molecule has 31 heavy (non-hydrogen) atoms. The van der Waals surface area contributed by atoms with Crippen molar-refractivity contribution in [2.24, 2.45) is 11.3 Å². The topological polar surface area (TPSA) is 59.6 Å². The predicted octanol–water partition coefficient (Wildman–Crippen LogP) is 6.40. The Labute approximate surface area is 188 Å². The molecule has 0 bridgehead atoms. The fourth-order valence-electron chi connectivity index (χ4n) is 4.80. The van der Waals surface area contributed by atoms with Crippen molar-refractivity contribution in [3.63, 3.8) is 0 Å². The molecule has 2 amide bonds. The fourth-order valence-corrected chi connectivity index (χ4v) is 4.80. The maximum Gasteiger partial charge on any atom is 0.319 e. The van der Waals surface area contributed by atoms with Crippen molar-refractivity contribution in [1.82, 2.24) is 5.32 Å². The highest BCUT2D eigenvalue weighted by Gasteiger charge is 2.47. The van der Waals surface area contributed by atoms with E-state index in [4.69, 9.17) is 9.47 Å². The van der Waals surface area contributed by atoms with Gasteiger partial charge in [-0.1, -0.05) is 79.0 Å². The van der Waals surface area contributed by atoms with E-state index in [1.165, 1.54) is 19.3 Å². The number of amides is 2. The Bertz CT molecular complexity index is 715. The van der Waals surface area contributed by atoms with Crippen LogP contribution in [0.5, 0.6) is 0 Å². The molecule has 174 valence electrons. The number of rotatable bonds is 6. The monoisotopic (exact) mass is 430 g/mol. The first-order valence-electron chi connectivity index (χ1n) is 12.1. The van der Waals surface area contributed by atoms with Crippen LogP contribution in [0, 0.1) is 11.3 Å². The van der Waals surface area contributed by atoms with E-state index in [2.05, 4.69) is 70.4 Å². The minimum Gasteiger partial charge on any atom is -0.347 e. The van der Waals surface area contributed by atoms with Gasteiger partial charge in [-0.2, -0.15) is 0 Å². The number of para-hydroxylation sites is 1. The molecule has 1 aromatic rings. The lowest BCUT2D eigenvalue weighted by molar-refractivity contribution is -0.321. The molecule has 1 aliphatic carbocycles. The number of hydrogen-bond acceptors (Lipinski definition) is 3. The average molecular weight is 431 g/mol. The number of hydrogen-bond donors (Lipinski definition) is 2. The van der Waals surface area contributed by atoms with Crippen LogP contribution in [-0.4, -0.2) is 31.6 Å². The van der Waals surface area contributed by atoms with Gasteiger partial charge in [0.15, 0.2) is 5.79 Å². The zero-order valence-corrected chi connectivity index (χ0v) is 20.3. The van der Waals surface area contributed by atoms with Crippen molar-refractivity contribution in [3.8, 4) is 0 Å². The number of carbonyl (C=O) groups excluding carboxylic acids is 1. The van der Waals surface area contributed by atoms with E-state index in [-0.39, 0.29) is 11.4 Å². The average Bonchev–Trinajstić information content (AvgIpc) is 2.74. The summed E-state index contributed by atoms with van der Waals surface area (Å²) in [5.41, 5.74) is 3.26. The molecule has 1 aromatic carbocycles. The molecule has 0 spiro atoms. The molecule has 1 aliphatic heterocycles. The van der Waals surface area contributed by atoms with E-state index in [0.717, 1.165) is 29.7 Å². The van der Waals surface area contributed by atoms with Crippen LogP contribution in [-0.2, 0) is 9.47 Å². The lowest BCUT2D eigenvalue weighted by atomic mass is 9.81. The standard InChI is InChI=1S/C26H42N2O3/c1-18(2)21-13-10-14-22(19(3)4)23(21)28-24(29)27-15-26(20-11-8-7-9-12-20)30-16-25(5,6)17-31-26/h10,13-14,18-20H,7-9,11-12,15-17H2,1-6H3,(H2,27,28,29). The molecule has 0 aromatic heterocycles. The summed E-state index contributed by atoms with van der Waals surface area (Å²) in [5, 5.41) is 6.26. The van der Waals surface area contributed by atoms with Crippen LogP contribution in [0.25, 0.3) is 0 Å². The highest BCUT2D eigenvalue weighted by molar-refractivity contribution is 5.91. The van der Waals surface area contributed by atoms with Crippen LogP contribution in [0.1, 0.15) is 96.6 Å². The first-order chi connectivity index (χ1) is 14.6. The second kappa shape index (κ2) is 9.91. The first-order valence-corrected chi connectivity index (χ1v) is 12.1. The van der Waals surface area contributed by atoms with Crippen LogP contribution in [0.3, 0.4) is 0 Å². The lowest BCUT2D eigenvalue weighted by Gasteiger charge is -2.48. The van der Waals surface area contributed by atoms with Gasteiger partial charge in [0.25, 0.3) is 0 Å². The summed E-state index contributed by atoms with van der Waals surface area (Å²) in [5.74, 6) is 0.266. The fraction of sp³-hybridized carbons (Fsp3) is 0.731. The van der Waals surface area contributed by atoms with Crippen LogP contribution in [0.4, 0.5) is 10.5 Å². The molecule has 1 heterocycles. The van der Waals surface area contributed by atoms with E-state index in [0.29, 0.717) is 37.5 Å². The number of nitrogens with one attached hydrogen (secondary N) is 2. The van der Waals surface area contributed by atoms with Gasteiger partial charge in [0.05, 0.1) is 19.8 Å². The Morgan fingerprint density at radius 1 is 1.00 bits per heavy atom. The van der Waals surface area contributed by atoms with E-state index >= 15 is 0 Å². The summed E-state index contributed by atoms with van der Waals surface area (Å²) in [4.78, 5) is 13.0. The van der Waals surface area contributed by atoms with Crippen LogP contribution < -0.4 is 10.6 Å². The molecular weight excluding hydrogens is 388 g/mol. The number of carbonyl (C=O) groups is 1. The Morgan fingerprint density at radius 2 is 1.55 bits per heavy atom. The molecule has 3 rings (SSSR count). The normalized spacial score (nSPS) is 21.3. The van der Waals surface area contributed by atoms with Gasteiger partial charge < -0.3 is 20.1 Å². The van der Waals surface area contributed by atoms with Gasteiger partial charge in [0.2, 0.25) is 0 Å². The number of anilines is 1. The van der Waals surface area contributed by atoms with Gasteiger partial charge in [-0.25, -0.2) is 4.79 Å². The SMILES string of the molecule is CC(C)c1cccc(C(C)C)c1NC(=O)NCC1(C2CCCCC2)OCC(C)(C)CO1. The van der Waals surface area contributed by atoms with Gasteiger partial charge in [-0.05, 0) is 35.8 Å². The summed E-state index contributed by atoms with van der Waals surface area (Å²) in [7, 11) is 0. The molecule has 5 heteroatoms. The van der Waals surface area contributed by atoms with Gasteiger partial charge in [-0.15, -0.1) is 0 Å². The van der Waals surface area contributed by atoms with Gasteiger partial charge in [0.1, 0.15) is 0 Å². The maximum atomic E-state index is 13.0. The van der Waals surface area contributed by atoms with Gasteiger partial charge in [-0.3, -0.25) is 0 Å². The van der Waals surface area contributed by atoms with Crippen molar-refractivity contribution in [2.45, 2.75) is 91.3 Å². The molecule has 0 atom stereocenters. The predicted molar refractivity (Wildman–Crippen MR) is 127 cm³/mol. The molecule has 2 aliphatic rings. The van der Waals surface area contributed by atoms with E-state index in [1.807, 2.05) is 0 Å². The summed E-state index contributed by atoms with van der Waals surface area (Å²) < 4.78 is 12.8. The van der Waals surface area contributed by atoms with Crippen LogP contribution in [0.2, 0.25) is 0 Å². The number of urea groups is 1. The molecule has 2 N–H and O–H groups in total. The third kappa shape index (κ3) is 5.81. The van der Waals surface area contributed by atoms with Crippen molar-refractivity contribution in [3.05, 3.63) is 29.3 Å². The molecule has 2 fully saturated rings. The Morgan fingerprint density at radius 3 is 2.06 bits per heavy atom. The lowest BCUT2D eigenvalue weighted by Crippen LogP contribution is -2.58. The quantitative estimate of drug-likeness (QED) is 0.548. The molecule has 0 unspecified atom stereocenters. The Kier molecular flexibility index (Phi) is 7.69. The second-order valence-electron chi connectivity index (χ2n) is 10.8. The zero-order chi connectivity index (χ0) is 22.6. The van der Waals surface area contributed by atoms with Crippen molar-refractivity contribution >= 4 is 11.7 Å². The zero-order valence-electron chi connectivity index (χ0n) is 20.3. The smallest absolute Gasteiger partial charge is 0.319 e. The van der Waals surface area contributed by atoms with Crippen LogP contribution >= 0.6 is 0 Å². The number of ether oxygens (including phenoxy) is 2. The van der Waals surface area contributed by atoms with Crippen LogP contribution in [0.15, 0.2) is 18.2 Å². The minimum absolute atomic E-state index is 0.00277. The first kappa shape index (κ1) is 24.1. The van der Waals surface area contributed by atoms with E-state index in [1.54, 1.807) is 0 Å². The summed E-state index contributed by atoms with van der Waals surface area (Å²) in [6.45, 7) is 14.6. The summed E-state index contributed by atoms with van der Waals surface area (Å²) >= 11 is 0. The Balaban J connectivity index is 1.73. The third-order valence-corrected chi connectivity index (χ3v) is 6.75. The Hall–Kier alpha value is -1.59. The van der Waals surface area contributed by atoms with E-state index in [9.17, 15) is 4.79 Å². The maximum absolute atomic E-state index is 13.0. The number of benzene rings is 1. The minimum atomic E-state index is -0.717. The van der Waals surface area contributed by atoms with E-state index < -0.39 is 5.79 Å². The molecule has 1 saturated heterocycles. The molecule has 5 nitrogen and oxygen atoms in total. The molecule has 1 saturated carbocycles. The van der Waals surface area contributed by atoms with Gasteiger partial charge >= 0.3 is 6.03 Å². The summed E-state index contributed by atoms with van der Waals surface area (Å²) in [6.07, 6.45) is 5.87. The third-order valence-electron chi connectivity index (χ3n) is 6.75. The highest BCUT2D eigenvalue weighted by Crippen LogP contribution is 2.40. The van der Waals surface area contributed by atoms with Crippen molar-refractivity contribution in [2.75, 3.05) is 25.1 Å². The second-order valence-corrected chi connectivity index (χ2v) is 10.8. The highest BCUT2D eigenvalue weighted by atomic mass is 16.7. The molecular formula is C26H42N2O3. The van der Waals surface area contributed by atoms with Gasteiger partial charge in [0, 0.05) is 17.0 Å². The molecule has 0 radical (unpaired) electrons.